The fraction of sp³-hybridized carbons (Fsp3) is 0.222. The summed E-state index contributed by atoms with van der Waals surface area (Å²) in [5.41, 5.74) is 2.63. The van der Waals surface area contributed by atoms with Crippen LogP contribution in [-0.4, -0.2) is 12.1 Å². The lowest BCUT2D eigenvalue weighted by molar-refractivity contribution is 0.530. The number of hydrogen-bond acceptors (Lipinski definition) is 1. The number of hydrogen-bond donors (Lipinski definition) is 1. The van der Waals surface area contributed by atoms with Gasteiger partial charge in [0.05, 0.1) is 0 Å². The molecule has 2 unspecified atom stereocenters. The average Bonchev–Trinajstić information content (AvgIpc) is 2.50. The molecule has 2 aliphatic rings. The summed E-state index contributed by atoms with van der Waals surface area (Å²) in [6.45, 7) is 0. The Kier molecular flexibility index (Phi) is 3.75. The SMILES string of the molecule is C1=CCC(NC2C=CC(c3ccccc3)=CC2)C=C1. The largest absolute Gasteiger partial charge is 0.304 e. The zero-order valence-corrected chi connectivity index (χ0v) is 11.0. The highest BCUT2D eigenvalue weighted by Gasteiger charge is 2.13. The van der Waals surface area contributed by atoms with E-state index in [1.165, 1.54) is 11.1 Å². The summed E-state index contributed by atoms with van der Waals surface area (Å²) in [5, 5.41) is 3.66. The van der Waals surface area contributed by atoms with Gasteiger partial charge in [-0.3, -0.25) is 0 Å². The molecule has 96 valence electrons. The molecule has 1 N–H and O–H groups in total. The van der Waals surface area contributed by atoms with E-state index in [2.05, 4.69) is 78.2 Å². The summed E-state index contributed by atoms with van der Waals surface area (Å²) in [4.78, 5) is 0. The third kappa shape index (κ3) is 3.12. The maximum Gasteiger partial charge on any atom is 0.0293 e. The van der Waals surface area contributed by atoms with Crippen LogP contribution in [0.1, 0.15) is 18.4 Å². The number of rotatable bonds is 3. The van der Waals surface area contributed by atoms with Crippen LogP contribution >= 0.6 is 0 Å². The van der Waals surface area contributed by atoms with Crippen LogP contribution in [0.4, 0.5) is 0 Å². The maximum atomic E-state index is 3.66. The topological polar surface area (TPSA) is 12.0 Å². The van der Waals surface area contributed by atoms with Gasteiger partial charge >= 0.3 is 0 Å². The summed E-state index contributed by atoms with van der Waals surface area (Å²) >= 11 is 0. The molecule has 0 amide bonds. The molecule has 1 heteroatoms. The predicted octanol–water partition coefficient (Wildman–Crippen LogP) is 3.87. The Hall–Kier alpha value is -1.86. The molecule has 0 bridgehead atoms. The minimum absolute atomic E-state index is 0.452. The van der Waals surface area contributed by atoms with Crippen molar-refractivity contribution in [3.63, 3.8) is 0 Å². The van der Waals surface area contributed by atoms with Crippen molar-refractivity contribution in [2.24, 2.45) is 0 Å². The van der Waals surface area contributed by atoms with Crippen LogP contribution < -0.4 is 5.32 Å². The van der Waals surface area contributed by atoms with Crippen LogP contribution in [0, 0.1) is 0 Å². The monoisotopic (exact) mass is 249 g/mol. The van der Waals surface area contributed by atoms with Gasteiger partial charge in [-0.25, -0.2) is 0 Å². The van der Waals surface area contributed by atoms with E-state index in [9.17, 15) is 0 Å². The second-order valence-corrected chi connectivity index (χ2v) is 5.05. The van der Waals surface area contributed by atoms with E-state index in [1.54, 1.807) is 0 Å². The van der Waals surface area contributed by atoms with Gasteiger partial charge in [-0.15, -0.1) is 0 Å². The Morgan fingerprint density at radius 3 is 2.42 bits per heavy atom. The van der Waals surface area contributed by atoms with Crippen LogP contribution in [0.15, 0.2) is 72.9 Å². The first kappa shape index (κ1) is 12.2. The number of allylic oxidation sites excluding steroid dienone is 4. The van der Waals surface area contributed by atoms with Crippen molar-refractivity contribution in [1.82, 2.24) is 5.32 Å². The molecule has 1 nitrogen and oxygen atoms in total. The van der Waals surface area contributed by atoms with Gasteiger partial charge in [0.15, 0.2) is 0 Å². The Balaban J connectivity index is 1.60. The lowest BCUT2D eigenvalue weighted by atomic mass is 9.96. The molecular formula is C18H19N. The molecule has 3 rings (SSSR count). The first-order valence-corrected chi connectivity index (χ1v) is 6.95. The third-order valence-corrected chi connectivity index (χ3v) is 3.62. The molecule has 0 saturated heterocycles. The second kappa shape index (κ2) is 5.85. The Morgan fingerprint density at radius 1 is 0.895 bits per heavy atom. The van der Waals surface area contributed by atoms with Crippen molar-refractivity contribution in [2.75, 3.05) is 0 Å². The van der Waals surface area contributed by atoms with E-state index in [4.69, 9.17) is 0 Å². The van der Waals surface area contributed by atoms with E-state index in [1.807, 2.05) is 0 Å². The summed E-state index contributed by atoms with van der Waals surface area (Å²) in [7, 11) is 0. The molecule has 0 saturated carbocycles. The average molecular weight is 249 g/mol. The highest BCUT2D eigenvalue weighted by molar-refractivity contribution is 5.75. The molecule has 2 atom stereocenters. The summed E-state index contributed by atoms with van der Waals surface area (Å²) < 4.78 is 0. The molecule has 0 aromatic heterocycles. The van der Waals surface area contributed by atoms with Crippen molar-refractivity contribution in [3.8, 4) is 0 Å². The van der Waals surface area contributed by atoms with E-state index in [0.717, 1.165) is 12.8 Å². The third-order valence-electron chi connectivity index (χ3n) is 3.62. The van der Waals surface area contributed by atoms with Gasteiger partial charge in [0.1, 0.15) is 0 Å². The Morgan fingerprint density at radius 2 is 1.74 bits per heavy atom. The summed E-state index contributed by atoms with van der Waals surface area (Å²) in [6, 6.07) is 11.5. The van der Waals surface area contributed by atoms with Crippen molar-refractivity contribution >= 4 is 5.57 Å². The van der Waals surface area contributed by atoms with Gasteiger partial charge in [0.25, 0.3) is 0 Å². The van der Waals surface area contributed by atoms with Crippen molar-refractivity contribution in [2.45, 2.75) is 24.9 Å². The fourth-order valence-electron chi connectivity index (χ4n) is 2.57. The van der Waals surface area contributed by atoms with E-state index in [-0.39, 0.29) is 0 Å². The van der Waals surface area contributed by atoms with Gasteiger partial charge < -0.3 is 5.32 Å². The van der Waals surface area contributed by atoms with E-state index in [0.29, 0.717) is 12.1 Å². The lowest BCUT2D eigenvalue weighted by Gasteiger charge is -2.23. The van der Waals surface area contributed by atoms with Crippen LogP contribution in [0.2, 0.25) is 0 Å². The molecule has 0 spiro atoms. The highest BCUT2D eigenvalue weighted by Crippen LogP contribution is 2.21. The second-order valence-electron chi connectivity index (χ2n) is 5.05. The molecule has 1 aromatic rings. The van der Waals surface area contributed by atoms with Crippen molar-refractivity contribution < 1.29 is 0 Å². The summed E-state index contributed by atoms with van der Waals surface area (Å²) in [6.07, 6.45) is 17.7. The first-order valence-electron chi connectivity index (χ1n) is 6.95. The Labute approximate surface area is 115 Å². The molecule has 1 aromatic carbocycles. The zero-order valence-electron chi connectivity index (χ0n) is 11.0. The molecule has 0 aliphatic heterocycles. The highest BCUT2D eigenvalue weighted by atomic mass is 14.9. The van der Waals surface area contributed by atoms with Gasteiger partial charge in [-0.2, -0.15) is 0 Å². The van der Waals surface area contributed by atoms with Crippen molar-refractivity contribution in [1.29, 1.82) is 0 Å². The van der Waals surface area contributed by atoms with E-state index >= 15 is 0 Å². The standard InChI is InChI=1S/C18H19N/c1-3-7-15(8-4-1)16-11-13-18(14-12-16)19-17-9-5-2-6-10-17/h1-9,11-13,17-19H,10,14H2. The Bertz CT molecular complexity index is 534. The van der Waals surface area contributed by atoms with Gasteiger partial charge in [-0.1, -0.05) is 72.9 Å². The first-order chi connectivity index (χ1) is 9.42. The zero-order chi connectivity index (χ0) is 12.9. The van der Waals surface area contributed by atoms with Crippen LogP contribution in [0.3, 0.4) is 0 Å². The van der Waals surface area contributed by atoms with E-state index < -0.39 is 0 Å². The van der Waals surface area contributed by atoms with Crippen LogP contribution in [-0.2, 0) is 0 Å². The minimum atomic E-state index is 0.452. The minimum Gasteiger partial charge on any atom is -0.304 e. The number of benzene rings is 1. The lowest BCUT2D eigenvalue weighted by Crippen LogP contribution is -2.36. The van der Waals surface area contributed by atoms with Crippen molar-refractivity contribution in [3.05, 3.63) is 78.4 Å². The summed E-state index contributed by atoms with van der Waals surface area (Å²) in [5.74, 6) is 0. The molecule has 0 fully saturated rings. The molecular weight excluding hydrogens is 230 g/mol. The smallest absolute Gasteiger partial charge is 0.0293 e. The van der Waals surface area contributed by atoms with Gasteiger partial charge in [0.2, 0.25) is 0 Å². The van der Waals surface area contributed by atoms with Crippen LogP contribution in [0.5, 0.6) is 0 Å². The van der Waals surface area contributed by atoms with Gasteiger partial charge in [-0.05, 0) is 24.0 Å². The quantitative estimate of drug-likeness (QED) is 0.857. The predicted molar refractivity (Wildman–Crippen MR) is 81.8 cm³/mol. The normalized spacial score (nSPS) is 25.4. The fourth-order valence-corrected chi connectivity index (χ4v) is 2.57. The van der Waals surface area contributed by atoms with Crippen LogP contribution in [0.25, 0.3) is 5.57 Å². The molecule has 19 heavy (non-hydrogen) atoms. The maximum absolute atomic E-state index is 3.66. The molecule has 2 aliphatic carbocycles. The molecule has 0 radical (unpaired) electrons. The number of nitrogens with one attached hydrogen (secondary N) is 1. The molecule has 0 heterocycles. The van der Waals surface area contributed by atoms with Gasteiger partial charge in [0, 0.05) is 12.1 Å².